The Balaban J connectivity index is 0.00000121. The minimum atomic E-state index is -5.02. The van der Waals surface area contributed by atoms with Gasteiger partial charge in [-0.05, 0) is 73.1 Å². The summed E-state index contributed by atoms with van der Waals surface area (Å²) in [6.07, 6.45) is 5.51. The smallest absolute Gasteiger partial charge is 0.780 e. The van der Waals surface area contributed by atoms with E-state index in [4.69, 9.17) is 0 Å². The first kappa shape index (κ1) is 23.1. The molecule has 0 N–H and O–H groups in total. The molecule has 0 spiro atoms. The molecule has 8 heteroatoms. The van der Waals surface area contributed by atoms with Crippen molar-refractivity contribution in [3.63, 3.8) is 0 Å². The number of benzene rings is 1. The van der Waals surface area contributed by atoms with Gasteiger partial charge in [-0.1, -0.05) is 13.0 Å². The van der Waals surface area contributed by atoms with Gasteiger partial charge in [-0.15, -0.1) is 0 Å². The standard InChI is InChI=1S/C18H23O5P.2Na/c1-18-9-8-14-13-5-3-12(23-24(20,21)22)10-11(13)2-4-15(14)16(18)6-7-17(18)19;;/h3,5,10,14-16H,2,4,6-9H2,1H3,(H2,20,21,22);;/q;2*+1/p-2/t14-,15-,16+,18+;;/m1../s1. The van der Waals surface area contributed by atoms with E-state index >= 15 is 0 Å². The third kappa shape index (κ3) is 4.08. The molecule has 3 aliphatic rings. The largest absolute Gasteiger partial charge is 1.00 e. The number of carbonyl (C=O) groups is 1. The van der Waals surface area contributed by atoms with E-state index in [1.165, 1.54) is 5.56 Å². The molecule has 4 atom stereocenters. The molecule has 2 saturated carbocycles. The van der Waals surface area contributed by atoms with Crippen molar-refractivity contribution in [3.05, 3.63) is 29.3 Å². The van der Waals surface area contributed by atoms with Crippen LogP contribution in [-0.4, -0.2) is 5.78 Å². The van der Waals surface area contributed by atoms with E-state index in [-0.39, 0.29) is 70.3 Å². The maximum absolute atomic E-state index is 12.3. The summed E-state index contributed by atoms with van der Waals surface area (Å²) in [7, 11) is -5.02. The molecular weight excluding hydrogens is 373 g/mol. The second kappa shape index (κ2) is 8.30. The van der Waals surface area contributed by atoms with Crippen molar-refractivity contribution >= 4 is 13.6 Å². The summed E-state index contributed by atoms with van der Waals surface area (Å²) in [6.45, 7) is 2.15. The second-order valence-corrected chi connectivity index (χ2v) is 8.81. The fraction of sp³-hybridized carbons (Fsp3) is 0.611. The Labute approximate surface area is 198 Å². The molecule has 0 aromatic heterocycles. The zero-order valence-corrected chi connectivity index (χ0v) is 20.6. The first-order valence-electron chi connectivity index (χ1n) is 8.66. The maximum atomic E-state index is 12.3. The third-order valence-corrected chi connectivity index (χ3v) is 7.06. The summed E-state index contributed by atoms with van der Waals surface area (Å²) < 4.78 is 15.3. The van der Waals surface area contributed by atoms with Crippen LogP contribution < -0.4 is 73.4 Å². The van der Waals surface area contributed by atoms with E-state index in [9.17, 15) is 19.1 Å². The van der Waals surface area contributed by atoms with Gasteiger partial charge in [-0.2, -0.15) is 0 Å². The van der Waals surface area contributed by atoms with Crippen LogP contribution in [0.15, 0.2) is 18.2 Å². The molecule has 0 saturated heterocycles. The van der Waals surface area contributed by atoms with Gasteiger partial charge in [-0.3, -0.25) is 4.79 Å². The summed E-state index contributed by atoms with van der Waals surface area (Å²) in [5, 5.41) is 0. The molecule has 2 fully saturated rings. The van der Waals surface area contributed by atoms with Crippen LogP contribution in [-0.2, 0) is 15.8 Å². The Morgan fingerprint density at radius 3 is 2.58 bits per heavy atom. The number of carbonyl (C=O) groups excluding carboxylic acids is 1. The molecule has 3 aliphatic carbocycles. The van der Waals surface area contributed by atoms with Crippen LogP contribution in [0.25, 0.3) is 0 Å². The van der Waals surface area contributed by atoms with Crippen LogP contribution in [0.2, 0.25) is 0 Å². The fourth-order valence-corrected chi connectivity index (χ4v) is 5.89. The monoisotopic (exact) mass is 394 g/mol. The Kier molecular flexibility index (Phi) is 7.38. The molecule has 26 heavy (non-hydrogen) atoms. The quantitative estimate of drug-likeness (QED) is 0.381. The number of ketones is 1. The van der Waals surface area contributed by atoms with Gasteiger partial charge in [0.15, 0.2) is 0 Å². The first-order valence-corrected chi connectivity index (χ1v) is 10.1. The number of hydrogen-bond donors (Lipinski definition) is 0. The van der Waals surface area contributed by atoms with Crippen molar-refractivity contribution in [1.29, 1.82) is 0 Å². The molecular formula is C18H21Na2O5P. The van der Waals surface area contributed by atoms with Crippen LogP contribution in [0.3, 0.4) is 0 Å². The molecule has 0 radical (unpaired) electrons. The van der Waals surface area contributed by atoms with E-state index < -0.39 is 7.82 Å². The van der Waals surface area contributed by atoms with E-state index in [2.05, 4.69) is 11.4 Å². The third-order valence-electron chi connectivity index (χ3n) is 6.62. The van der Waals surface area contributed by atoms with Gasteiger partial charge in [0.05, 0.1) is 0 Å². The van der Waals surface area contributed by atoms with Gasteiger partial charge in [0.1, 0.15) is 19.4 Å². The number of aryl methyl sites for hydroxylation is 1. The number of phosphoric acid groups is 1. The van der Waals surface area contributed by atoms with Crippen molar-refractivity contribution in [2.45, 2.75) is 51.4 Å². The average molecular weight is 394 g/mol. The van der Waals surface area contributed by atoms with E-state index in [1.807, 2.05) is 6.07 Å². The first-order chi connectivity index (χ1) is 11.3. The summed E-state index contributed by atoms with van der Waals surface area (Å²) >= 11 is 0. The average Bonchev–Trinajstić information content (AvgIpc) is 2.81. The van der Waals surface area contributed by atoms with Crippen molar-refractivity contribution < 1.29 is 82.8 Å². The summed E-state index contributed by atoms with van der Waals surface area (Å²) in [5.74, 6) is 1.97. The zero-order chi connectivity index (χ0) is 17.1. The fourth-order valence-electron chi connectivity index (χ4n) is 5.52. The van der Waals surface area contributed by atoms with Crippen molar-refractivity contribution in [2.24, 2.45) is 17.3 Å². The number of Topliss-reactive ketones (excluding diaryl/α,β-unsaturated/α-hetero) is 1. The van der Waals surface area contributed by atoms with Crippen molar-refractivity contribution in [3.8, 4) is 5.75 Å². The predicted octanol–water partition coefficient (Wildman–Crippen LogP) is -3.67. The molecule has 0 amide bonds. The number of phosphoric ester groups is 1. The van der Waals surface area contributed by atoms with Crippen LogP contribution in [0.4, 0.5) is 0 Å². The van der Waals surface area contributed by atoms with E-state index in [0.29, 0.717) is 30.0 Å². The summed E-state index contributed by atoms with van der Waals surface area (Å²) in [4.78, 5) is 33.9. The number of hydrogen-bond acceptors (Lipinski definition) is 5. The molecule has 4 rings (SSSR count). The molecule has 130 valence electrons. The molecule has 1 aromatic rings. The summed E-state index contributed by atoms with van der Waals surface area (Å²) in [6, 6.07) is 5.19. The maximum Gasteiger partial charge on any atom is 1.00 e. The van der Waals surface area contributed by atoms with E-state index in [0.717, 1.165) is 37.7 Å². The second-order valence-electron chi connectivity index (χ2n) is 7.73. The predicted molar refractivity (Wildman–Crippen MR) is 84.3 cm³/mol. The molecule has 0 bridgehead atoms. The Hall–Kier alpha value is 0.840. The SMILES string of the molecule is C[C@]12CC[C@@H]3c4ccc(OP(=O)([O-])[O-])cc4CC[C@H]3[C@@H]1CCC2=O.[Na+].[Na+]. The molecule has 5 nitrogen and oxygen atoms in total. The normalized spacial score (nSPS) is 32.4. The van der Waals surface area contributed by atoms with Gasteiger partial charge in [0, 0.05) is 11.8 Å². The minimum absolute atomic E-state index is 0. The molecule has 1 aromatic carbocycles. The van der Waals surface area contributed by atoms with Crippen molar-refractivity contribution in [1.82, 2.24) is 0 Å². The van der Waals surface area contributed by atoms with Crippen LogP contribution in [0.5, 0.6) is 5.75 Å². The van der Waals surface area contributed by atoms with Crippen LogP contribution in [0, 0.1) is 17.3 Å². The van der Waals surface area contributed by atoms with Gasteiger partial charge in [0.25, 0.3) is 0 Å². The Morgan fingerprint density at radius 2 is 1.88 bits per heavy atom. The van der Waals surface area contributed by atoms with Gasteiger partial charge >= 0.3 is 59.1 Å². The number of fused-ring (bicyclic) bond motifs is 5. The van der Waals surface area contributed by atoms with E-state index in [1.54, 1.807) is 12.1 Å². The van der Waals surface area contributed by atoms with Crippen LogP contribution >= 0.6 is 7.82 Å². The topological polar surface area (TPSA) is 89.5 Å². The Bertz CT molecular complexity index is 749. The minimum Gasteiger partial charge on any atom is -0.780 e. The molecule has 0 heterocycles. The zero-order valence-electron chi connectivity index (χ0n) is 15.7. The number of rotatable bonds is 2. The van der Waals surface area contributed by atoms with Crippen LogP contribution in [0.1, 0.15) is 56.1 Å². The van der Waals surface area contributed by atoms with Crippen molar-refractivity contribution in [2.75, 3.05) is 0 Å². The van der Waals surface area contributed by atoms with Gasteiger partial charge < -0.3 is 18.9 Å². The van der Waals surface area contributed by atoms with Gasteiger partial charge in [-0.25, -0.2) is 0 Å². The van der Waals surface area contributed by atoms with Gasteiger partial charge in [0.2, 0.25) is 0 Å². The Morgan fingerprint density at radius 1 is 1.15 bits per heavy atom. The molecule has 0 unspecified atom stereocenters. The summed E-state index contributed by atoms with van der Waals surface area (Å²) in [5.41, 5.74) is 2.18. The molecule has 0 aliphatic heterocycles.